The zero-order chi connectivity index (χ0) is 13.9. The molecule has 1 aromatic rings. The molecule has 1 fully saturated rings. The van der Waals surface area contributed by atoms with Gasteiger partial charge in [0.15, 0.2) is 11.8 Å². The molecule has 0 saturated heterocycles. The minimum absolute atomic E-state index is 0.0501. The lowest BCUT2D eigenvalue weighted by Crippen LogP contribution is -2.45. The van der Waals surface area contributed by atoms with Crippen molar-refractivity contribution in [2.75, 3.05) is 0 Å². The van der Waals surface area contributed by atoms with Crippen molar-refractivity contribution in [3.05, 3.63) is 35.9 Å². The van der Waals surface area contributed by atoms with Gasteiger partial charge in [-0.2, -0.15) is 0 Å². The van der Waals surface area contributed by atoms with Crippen molar-refractivity contribution < 1.29 is 14.4 Å². The zero-order valence-electron chi connectivity index (χ0n) is 10.8. The number of hydrogen-bond donors (Lipinski definition) is 2. The number of carbonyl (C=O) groups is 2. The van der Waals surface area contributed by atoms with E-state index < -0.39 is 5.91 Å². The second kappa shape index (κ2) is 5.32. The van der Waals surface area contributed by atoms with Gasteiger partial charge in [0.25, 0.3) is 5.91 Å². The van der Waals surface area contributed by atoms with Crippen LogP contribution >= 0.6 is 0 Å². The number of nitrogens with zero attached hydrogens (tertiary/aromatic N) is 1. The second-order valence-electron chi connectivity index (χ2n) is 4.96. The van der Waals surface area contributed by atoms with Crippen LogP contribution in [0.5, 0.6) is 0 Å². The third-order valence-electron chi connectivity index (χ3n) is 3.35. The van der Waals surface area contributed by atoms with E-state index in [1.165, 1.54) is 0 Å². The molecule has 2 N–H and O–H groups in total. The average molecular weight is 273 g/mol. The first-order valence-corrected chi connectivity index (χ1v) is 6.62. The van der Waals surface area contributed by atoms with Crippen molar-refractivity contribution in [3.8, 4) is 0 Å². The maximum absolute atomic E-state index is 11.8. The molecule has 1 saturated carbocycles. The lowest BCUT2D eigenvalue weighted by molar-refractivity contribution is -0.127. The van der Waals surface area contributed by atoms with Crippen molar-refractivity contribution in [1.29, 1.82) is 0 Å². The fourth-order valence-electron chi connectivity index (χ4n) is 2.00. The Labute approximate surface area is 116 Å². The van der Waals surface area contributed by atoms with Crippen molar-refractivity contribution in [3.63, 3.8) is 0 Å². The summed E-state index contributed by atoms with van der Waals surface area (Å²) in [5.41, 5.74) is 6.03. The molecule has 6 heteroatoms. The summed E-state index contributed by atoms with van der Waals surface area (Å²) >= 11 is 0. The highest BCUT2D eigenvalue weighted by molar-refractivity contribution is 6.39. The highest BCUT2D eigenvalue weighted by Crippen LogP contribution is 2.28. The van der Waals surface area contributed by atoms with E-state index in [2.05, 4.69) is 16.0 Å². The van der Waals surface area contributed by atoms with Crippen molar-refractivity contribution in [2.24, 2.45) is 11.1 Å². The standard InChI is InChI=1S/C14H15N3O3/c18-13(10-6-7-10)15-16-14(19)11-8-12(20-17-11)9-4-2-1-3-5-9/h1-5,10,12H,6-8H2,(H,15,18)(H,16,19)/t12-/m1/s1. The fourth-order valence-corrected chi connectivity index (χ4v) is 2.00. The van der Waals surface area contributed by atoms with Gasteiger partial charge < -0.3 is 4.84 Å². The van der Waals surface area contributed by atoms with Crippen molar-refractivity contribution in [2.45, 2.75) is 25.4 Å². The van der Waals surface area contributed by atoms with Gasteiger partial charge >= 0.3 is 0 Å². The molecule has 1 heterocycles. The molecule has 0 radical (unpaired) electrons. The smallest absolute Gasteiger partial charge is 0.287 e. The topological polar surface area (TPSA) is 79.8 Å². The highest BCUT2D eigenvalue weighted by Gasteiger charge is 2.31. The minimum atomic E-state index is -0.419. The maximum atomic E-state index is 11.8. The van der Waals surface area contributed by atoms with Crippen LogP contribution in [0.1, 0.15) is 30.9 Å². The lowest BCUT2D eigenvalue weighted by Gasteiger charge is -2.08. The number of benzene rings is 1. The van der Waals surface area contributed by atoms with E-state index in [0.717, 1.165) is 18.4 Å². The highest BCUT2D eigenvalue weighted by atomic mass is 16.6. The van der Waals surface area contributed by atoms with Crippen molar-refractivity contribution >= 4 is 17.5 Å². The largest absolute Gasteiger partial charge is 0.387 e. The first-order chi connectivity index (χ1) is 9.74. The van der Waals surface area contributed by atoms with Gasteiger partial charge in [-0.05, 0) is 18.4 Å². The molecule has 0 bridgehead atoms. The first kappa shape index (κ1) is 12.7. The predicted molar refractivity (Wildman–Crippen MR) is 71.3 cm³/mol. The molecule has 2 aliphatic rings. The second-order valence-corrected chi connectivity index (χ2v) is 4.96. The molecule has 0 spiro atoms. The van der Waals surface area contributed by atoms with Gasteiger partial charge in [-0.15, -0.1) is 0 Å². The third-order valence-corrected chi connectivity index (χ3v) is 3.35. The zero-order valence-corrected chi connectivity index (χ0v) is 10.8. The molecule has 104 valence electrons. The molecule has 1 atom stereocenters. The molecule has 1 aromatic carbocycles. The Kier molecular flexibility index (Phi) is 3.37. The van der Waals surface area contributed by atoms with Gasteiger partial charge in [0.05, 0.1) is 0 Å². The number of oxime groups is 1. The van der Waals surface area contributed by atoms with Crippen LogP contribution in [0.2, 0.25) is 0 Å². The average Bonchev–Trinajstić information content (AvgIpc) is 3.22. The van der Waals surface area contributed by atoms with Crippen LogP contribution in [0.25, 0.3) is 0 Å². The molecular weight excluding hydrogens is 258 g/mol. The van der Waals surface area contributed by atoms with Crippen LogP contribution < -0.4 is 10.9 Å². The summed E-state index contributed by atoms with van der Waals surface area (Å²) in [5, 5.41) is 3.79. The number of hydrogen-bond acceptors (Lipinski definition) is 4. The van der Waals surface area contributed by atoms with E-state index in [1.54, 1.807) is 0 Å². The third kappa shape index (κ3) is 2.79. The van der Waals surface area contributed by atoms with Gasteiger partial charge in [-0.1, -0.05) is 35.5 Å². The van der Waals surface area contributed by atoms with E-state index in [4.69, 9.17) is 4.84 Å². The lowest BCUT2D eigenvalue weighted by atomic mass is 10.0. The molecule has 1 aliphatic carbocycles. The van der Waals surface area contributed by atoms with Crippen molar-refractivity contribution in [1.82, 2.24) is 10.9 Å². The Hall–Kier alpha value is -2.37. The number of hydrazine groups is 1. The van der Waals surface area contributed by atoms with Crippen LogP contribution in [0, 0.1) is 5.92 Å². The number of nitrogens with one attached hydrogen (secondary N) is 2. The molecule has 20 heavy (non-hydrogen) atoms. The van der Waals surface area contributed by atoms with Gasteiger partial charge in [0.1, 0.15) is 0 Å². The monoisotopic (exact) mass is 273 g/mol. The number of amides is 2. The predicted octanol–water partition coefficient (Wildman–Crippen LogP) is 1.06. The van der Waals surface area contributed by atoms with Crippen LogP contribution in [0.4, 0.5) is 0 Å². The summed E-state index contributed by atoms with van der Waals surface area (Å²) in [6.07, 6.45) is 1.94. The van der Waals surface area contributed by atoms with Crippen LogP contribution in [-0.4, -0.2) is 17.5 Å². The quantitative estimate of drug-likeness (QED) is 0.808. The fraction of sp³-hybridized carbons (Fsp3) is 0.357. The molecular formula is C14H15N3O3. The summed E-state index contributed by atoms with van der Waals surface area (Å²) in [4.78, 5) is 28.5. The summed E-state index contributed by atoms with van der Waals surface area (Å²) < 4.78 is 0. The minimum Gasteiger partial charge on any atom is -0.387 e. The van der Waals surface area contributed by atoms with Crippen LogP contribution in [0.15, 0.2) is 35.5 Å². The maximum Gasteiger partial charge on any atom is 0.287 e. The van der Waals surface area contributed by atoms with Crippen LogP contribution in [0.3, 0.4) is 0 Å². The Morgan fingerprint density at radius 2 is 1.90 bits per heavy atom. The van der Waals surface area contributed by atoms with E-state index in [1.807, 2.05) is 30.3 Å². The van der Waals surface area contributed by atoms with Gasteiger partial charge in [0.2, 0.25) is 5.91 Å². The molecule has 2 amide bonds. The number of carbonyl (C=O) groups excluding carboxylic acids is 2. The summed E-state index contributed by atoms with van der Waals surface area (Å²) in [6.45, 7) is 0. The van der Waals surface area contributed by atoms with E-state index >= 15 is 0 Å². The van der Waals surface area contributed by atoms with Gasteiger partial charge in [-0.3, -0.25) is 20.4 Å². The molecule has 0 aromatic heterocycles. The van der Waals surface area contributed by atoms with Gasteiger partial charge in [-0.25, -0.2) is 0 Å². The molecule has 1 aliphatic heterocycles. The van der Waals surface area contributed by atoms with E-state index in [9.17, 15) is 9.59 Å². The molecule has 3 rings (SSSR count). The molecule has 6 nitrogen and oxygen atoms in total. The SMILES string of the molecule is O=C(NNC(=O)C1CC1)C1=NO[C@@H](c2ccccc2)C1. The molecule has 0 unspecified atom stereocenters. The Bertz CT molecular complexity index is 552. The summed E-state index contributed by atoms with van der Waals surface area (Å²) in [7, 11) is 0. The van der Waals surface area contributed by atoms with Gasteiger partial charge in [0, 0.05) is 12.3 Å². The number of rotatable bonds is 3. The van der Waals surface area contributed by atoms with Crippen LogP contribution in [-0.2, 0) is 14.4 Å². The van der Waals surface area contributed by atoms with E-state index in [-0.39, 0.29) is 23.6 Å². The normalized spacial score (nSPS) is 20.8. The summed E-state index contributed by atoms with van der Waals surface area (Å²) in [5.74, 6) is -0.510. The Morgan fingerprint density at radius 3 is 2.60 bits per heavy atom. The summed E-state index contributed by atoms with van der Waals surface area (Å²) in [6, 6.07) is 9.59. The Balaban J connectivity index is 1.51. The van der Waals surface area contributed by atoms with E-state index in [0.29, 0.717) is 6.42 Å². The first-order valence-electron chi connectivity index (χ1n) is 6.62. The Morgan fingerprint density at radius 1 is 1.15 bits per heavy atom.